The summed E-state index contributed by atoms with van der Waals surface area (Å²) < 4.78 is 25.4. The van der Waals surface area contributed by atoms with E-state index in [4.69, 9.17) is 0 Å². The van der Waals surface area contributed by atoms with E-state index in [-0.39, 0.29) is 6.04 Å². The van der Waals surface area contributed by atoms with E-state index < -0.39 is 10.0 Å². The predicted octanol–water partition coefficient (Wildman–Crippen LogP) is 1.11. The van der Waals surface area contributed by atoms with E-state index in [0.717, 1.165) is 30.1 Å². The first-order valence-electron chi connectivity index (χ1n) is 7.41. The average molecular weight is 353 g/mol. The lowest BCUT2D eigenvalue weighted by Gasteiger charge is -2.32. The van der Waals surface area contributed by atoms with Gasteiger partial charge in [0.1, 0.15) is 0 Å². The van der Waals surface area contributed by atoms with Crippen molar-refractivity contribution >= 4 is 21.4 Å². The maximum atomic E-state index is 11.4. The zero-order valence-corrected chi connectivity index (χ0v) is 14.5. The molecule has 0 amide bonds. The number of sulfonamides is 1. The summed E-state index contributed by atoms with van der Waals surface area (Å²) in [6, 6.07) is 1.76. The third-order valence-electron chi connectivity index (χ3n) is 3.58. The summed E-state index contributed by atoms with van der Waals surface area (Å²) in [5, 5.41) is 2.82. The smallest absolute Gasteiger partial charge is 0.208 e. The fourth-order valence-corrected chi connectivity index (χ4v) is 4.27. The Morgan fingerprint density at radius 2 is 2.17 bits per heavy atom. The molecule has 2 aromatic rings. The van der Waals surface area contributed by atoms with Crippen LogP contribution in [-0.4, -0.2) is 53.7 Å². The lowest BCUT2D eigenvalue weighted by molar-refractivity contribution is 0.193. The standard InChI is InChI=1S/C14H19N5O2S2/c1-23(20,21)18-11-4-2-7-19(8-11)9-12-10-22-14(17-12)13-15-5-3-6-16-13/h3,5-6,10-11,18H,2,4,7-9H2,1H3/t11-/m0/s1. The van der Waals surface area contributed by atoms with E-state index in [9.17, 15) is 8.42 Å². The van der Waals surface area contributed by atoms with Crippen LogP contribution in [0.15, 0.2) is 23.8 Å². The van der Waals surface area contributed by atoms with Crippen molar-refractivity contribution in [2.75, 3.05) is 19.3 Å². The van der Waals surface area contributed by atoms with Gasteiger partial charge < -0.3 is 0 Å². The van der Waals surface area contributed by atoms with Crippen LogP contribution in [0.3, 0.4) is 0 Å². The third-order valence-corrected chi connectivity index (χ3v) is 5.23. The summed E-state index contributed by atoms with van der Waals surface area (Å²) >= 11 is 1.53. The van der Waals surface area contributed by atoms with Crippen LogP contribution in [0.4, 0.5) is 0 Å². The van der Waals surface area contributed by atoms with Crippen molar-refractivity contribution in [3.05, 3.63) is 29.5 Å². The second-order valence-electron chi connectivity index (χ2n) is 5.68. The normalized spacial score (nSPS) is 19.8. The monoisotopic (exact) mass is 353 g/mol. The molecular weight excluding hydrogens is 334 g/mol. The van der Waals surface area contributed by atoms with Gasteiger partial charge in [0.05, 0.1) is 11.9 Å². The van der Waals surface area contributed by atoms with Gasteiger partial charge in [0.25, 0.3) is 0 Å². The third kappa shape index (κ3) is 4.77. The predicted molar refractivity (Wildman–Crippen MR) is 89.4 cm³/mol. The molecule has 1 N–H and O–H groups in total. The van der Waals surface area contributed by atoms with Crippen LogP contribution in [0.25, 0.3) is 10.8 Å². The number of nitrogens with one attached hydrogen (secondary N) is 1. The summed E-state index contributed by atoms with van der Waals surface area (Å²) in [5.74, 6) is 0.638. The first kappa shape index (κ1) is 16.4. The number of aromatic nitrogens is 3. The van der Waals surface area contributed by atoms with Crippen LogP contribution in [-0.2, 0) is 16.6 Å². The molecule has 3 rings (SSSR count). The SMILES string of the molecule is CS(=O)(=O)N[C@H]1CCCN(Cc2csc(-c3ncccn3)n2)C1. The summed E-state index contributed by atoms with van der Waals surface area (Å²) in [4.78, 5) is 15.2. The number of hydrogen-bond acceptors (Lipinski definition) is 7. The Labute approximate surface area is 139 Å². The zero-order chi connectivity index (χ0) is 16.3. The van der Waals surface area contributed by atoms with Gasteiger partial charge in [-0.2, -0.15) is 0 Å². The summed E-state index contributed by atoms with van der Waals surface area (Å²) in [5.41, 5.74) is 0.970. The molecule has 3 heterocycles. The van der Waals surface area contributed by atoms with Gasteiger partial charge >= 0.3 is 0 Å². The Morgan fingerprint density at radius 3 is 2.91 bits per heavy atom. The van der Waals surface area contributed by atoms with Gasteiger partial charge in [-0.1, -0.05) is 0 Å². The molecule has 7 nitrogen and oxygen atoms in total. The second-order valence-corrected chi connectivity index (χ2v) is 8.32. The summed E-state index contributed by atoms with van der Waals surface area (Å²) in [7, 11) is -3.16. The second kappa shape index (κ2) is 7.00. The molecule has 0 spiro atoms. The minimum atomic E-state index is -3.16. The van der Waals surface area contributed by atoms with Crippen molar-refractivity contribution in [1.82, 2.24) is 24.6 Å². The lowest BCUT2D eigenvalue weighted by atomic mass is 10.1. The van der Waals surface area contributed by atoms with Gasteiger partial charge in [-0.3, -0.25) is 4.90 Å². The molecule has 0 unspecified atom stereocenters. The van der Waals surface area contributed by atoms with Crippen molar-refractivity contribution < 1.29 is 8.42 Å². The maximum Gasteiger partial charge on any atom is 0.208 e. The fraction of sp³-hybridized carbons (Fsp3) is 0.500. The molecular formula is C14H19N5O2S2. The molecule has 0 aromatic carbocycles. The van der Waals surface area contributed by atoms with E-state index in [2.05, 4.69) is 24.6 Å². The first-order chi connectivity index (χ1) is 11.0. The Balaban J connectivity index is 1.62. The van der Waals surface area contributed by atoms with Gasteiger partial charge in [-0.25, -0.2) is 28.1 Å². The molecule has 0 saturated carbocycles. The molecule has 1 atom stereocenters. The zero-order valence-electron chi connectivity index (χ0n) is 12.8. The Bertz CT molecular complexity index is 748. The van der Waals surface area contributed by atoms with Crippen LogP contribution in [0.2, 0.25) is 0 Å². The van der Waals surface area contributed by atoms with Crippen molar-refractivity contribution in [3.63, 3.8) is 0 Å². The highest BCUT2D eigenvalue weighted by Gasteiger charge is 2.23. The van der Waals surface area contributed by atoms with Crippen LogP contribution >= 0.6 is 11.3 Å². The molecule has 1 saturated heterocycles. The Kier molecular flexibility index (Phi) is 5.00. The number of piperidine rings is 1. The largest absolute Gasteiger partial charge is 0.296 e. The quantitative estimate of drug-likeness (QED) is 0.866. The molecule has 1 aliphatic rings. The van der Waals surface area contributed by atoms with Gasteiger partial charge in [-0.05, 0) is 25.5 Å². The van der Waals surface area contributed by atoms with Crippen LogP contribution in [0, 0.1) is 0 Å². The van der Waals surface area contributed by atoms with E-state index in [1.54, 1.807) is 18.5 Å². The Hall–Kier alpha value is -1.42. The van der Waals surface area contributed by atoms with Gasteiger partial charge in [0.15, 0.2) is 10.8 Å². The highest BCUT2D eigenvalue weighted by atomic mass is 32.2. The van der Waals surface area contributed by atoms with Crippen LogP contribution < -0.4 is 4.72 Å². The number of nitrogens with zero attached hydrogens (tertiary/aromatic N) is 4. The van der Waals surface area contributed by atoms with Crippen LogP contribution in [0.5, 0.6) is 0 Å². The summed E-state index contributed by atoms with van der Waals surface area (Å²) in [6.07, 6.45) is 6.47. The maximum absolute atomic E-state index is 11.4. The number of likely N-dealkylation sites (tertiary alicyclic amines) is 1. The molecule has 0 radical (unpaired) electrons. The highest BCUT2D eigenvalue weighted by Crippen LogP contribution is 2.21. The van der Waals surface area contributed by atoms with E-state index >= 15 is 0 Å². The van der Waals surface area contributed by atoms with Gasteiger partial charge in [0.2, 0.25) is 10.0 Å². The minimum Gasteiger partial charge on any atom is -0.296 e. The van der Waals surface area contributed by atoms with E-state index in [1.807, 2.05) is 5.38 Å². The fourth-order valence-electron chi connectivity index (χ4n) is 2.72. The molecule has 0 aliphatic carbocycles. The van der Waals surface area contributed by atoms with Gasteiger partial charge in [-0.15, -0.1) is 11.3 Å². The van der Waals surface area contributed by atoms with Crippen molar-refractivity contribution in [2.24, 2.45) is 0 Å². The number of hydrogen-bond donors (Lipinski definition) is 1. The highest BCUT2D eigenvalue weighted by molar-refractivity contribution is 7.88. The number of thiazole rings is 1. The molecule has 1 aliphatic heterocycles. The Morgan fingerprint density at radius 1 is 1.39 bits per heavy atom. The van der Waals surface area contributed by atoms with Gasteiger partial charge in [0, 0.05) is 36.9 Å². The minimum absolute atomic E-state index is 0.0192. The lowest BCUT2D eigenvalue weighted by Crippen LogP contribution is -2.47. The van der Waals surface area contributed by atoms with Crippen molar-refractivity contribution in [3.8, 4) is 10.8 Å². The van der Waals surface area contributed by atoms with E-state index in [0.29, 0.717) is 18.9 Å². The molecule has 23 heavy (non-hydrogen) atoms. The molecule has 1 fully saturated rings. The van der Waals surface area contributed by atoms with E-state index in [1.165, 1.54) is 17.6 Å². The first-order valence-corrected chi connectivity index (χ1v) is 10.2. The number of rotatable bonds is 5. The average Bonchev–Trinajstić information content (AvgIpc) is 2.95. The topological polar surface area (TPSA) is 88.1 Å². The molecule has 9 heteroatoms. The van der Waals surface area contributed by atoms with Crippen LogP contribution in [0.1, 0.15) is 18.5 Å². The molecule has 0 bridgehead atoms. The molecule has 2 aromatic heterocycles. The van der Waals surface area contributed by atoms with Crippen molar-refractivity contribution in [2.45, 2.75) is 25.4 Å². The molecule has 124 valence electrons. The van der Waals surface area contributed by atoms with Crippen molar-refractivity contribution in [1.29, 1.82) is 0 Å². The summed E-state index contributed by atoms with van der Waals surface area (Å²) in [6.45, 7) is 2.38.